The highest BCUT2D eigenvalue weighted by Crippen LogP contribution is 1.92. The number of carbonyl (C=O) groups is 2. The Morgan fingerprint density at radius 2 is 1.00 bits per heavy atom. The van der Waals surface area contributed by atoms with Gasteiger partial charge in [-0.1, -0.05) is 36.1 Å². The highest BCUT2D eigenvalue weighted by Gasteiger charge is 1.87. The van der Waals surface area contributed by atoms with E-state index in [0.29, 0.717) is 0 Å². The lowest BCUT2D eigenvalue weighted by molar-refractivity contribution is -0.110. The zero-order valence-electron chi connectivity index (χ0n) is 12.3. The maximum absolute atomic E-state index is 11.4. The van der Waals surface area contributed by atoms with Crippen molar-refractivity contribution in [3.63, 3.8) is 0 Å². The summed E-state index contributed by atoms with van der Waals surface area (Å²) in [5, 5.41) is 0. The monoisotopic (exact) mass is 284 g/mol. The van der Waals surface area contributed by atoms with Gasteiger partial charge in [-0.15, -0.1) is 0 Å². The molecule has 0 aromatic rings. The zero-order chi connectivity index (χ0) is 16.2. The standard InChI is InChI=1S/C20H12O2/c1-17-9-3-4-10-18(2)12-8-16-20(22)14-6-5-13-19(21)15-7-11-17/h7-8,11-12,15-16H,1-2H3/b15-7+,16-8+,17-11-,18-12?. The van der Waals surface area contributed by atoms with Crippen molar-refractivity contribution < 1.29 is 9.59 Å². The largest absolute Gasteiger partial charge is 0.280 e. The first-order valence-electron chi connectivity index (χ1n) is 6.40. The number of hydrogen-bond donors (Lipinski definition) is 0. The Labute approximate surface area is 130 Å². The van der Waals surface area contributed by atoms with Crippen LogP contribution in [0, 0.1) is 47.4 Å². The molecule has 1 aliphatic rings. The molecule has 2 heteroatoms. The summed E-state index contributed by atoms with van der Waals surface area (Å²) in [5.74, 6) is 19.6. The van der Waals surface area contributed by atoms with E-state index in [2.05, 4.69) is 47.4 Å². The third kappa shape index (κ3) is 7.86. The van der Waals surface area contributed by atoms with Crippen molar-refractivity contribution in [3.05, 3.63) is 47.6 Å². The lowest BCUT2D eigenvalue weighted by atomic mass is 10.2. The molecular weight excluding hydrogens is 272 g/mol. The summed E-state index contributed by atoms with van der Waals surface area (Å²) in [7, 11) is 0. The Bertz CT molecular complexity index is 770. The number of rotatable bonds is 0. The van der Waals surface area contributed by atoms with E-state index >= 15 is 0 Å². The van der Waals surface area contributed by atoms with Gasteiger partial charge in [0.2, 0.25) is 11.6 Å². The molecule has 0 heterocycles. The fraction of sp³-hybridized carbons (Fsp3) is 0.100. The second-order valence-corrected chi connectivity index (χ2v) is 4.15. The topological polar surface area (TPSA) is 34.1 Å². The summed E-state index contributed by atoms with van der Waals surface area (Å²) >= 11 is 0. The van der Waals surface area contributed by atoms with Crippen LogP contribution in [0.3, 0.4) is 0 Å². The summed E-state index contributed by atoms with van der Waals surface area (Å²) < 4.78 is 0. The fourth-order valence-electron chi connectivity index (χ4n) is 1.17. The molecule has 0 saturated carbocycles. The summed E-state index contributed by atoms with van der Waals surface area (Å²) in [5.41, 5.74) is 1.55. The van der Waals surface area contributed by atoms with E-state index in [4.69, 9.17) is 0 Å². The van der Waals surface area contributed by atoms with Crippen LogP contribution in [0.5, 0.6) is 0 Å². The minimum absolute atomic E-state index is 0.395. The van der Waals surface area contributed by atoms with E-state index in [9.17, 15) is 9.59 Å². The molecule has 0 unspecified atom stereocenters. The molecule has 0 N–H and O–H groups in total. The molecule has 0 radical (unpaired) electrons. The molecule has 0 aromatic heterocycles. The summed E-state index contributed by atoms with van der Waals surface area (Å²) in [6, 6.07) is 0. The lowest BCUT2D eigenvalue weighted by Gasteiger charge is -1.83. The molecule has 0 aromatic carbocycles. The van der Waals surface area contributed by atoms with E-state index in [1.807, 2.05) is 13.8 Å². The molecule has 0 atom stereocenters. The van der Waals surface area contributed by atoms with Crippen LogP contribution in [-0.2, 0) is 9.59 Å². The second kappa shape index (κ2) is 9.44. The Morgan fingerprint density at radius 1 is 0.636 bits per heavy atom. The van der Waals surface area contributed by atoms with Crippen molar-refractivity contribution in [2.45, 2.75) is 13.8 Å². The van der Waals surface area contributed by atoms with Crippen molar-refractivity contribution in [2.24, 2.45) is 0 Å². The van der Waals surface area contributed by atoms with Crippen LogP contribution in [0.15, 0.2) is 47.6 Å². The van der Waals surface area contributed by atoms with E-state index in [1.54, 1.807) is 24.3 Å². The average molecular weight is 284 g/mol. The first kappa shape index (κ1) is 16.6. The third-order valence-corrected chi connectivity index (χ3v) is 2.20. The number of allylic oxidation sites excluding steroid dienone is 8. The van der Waals surface area contributed by atoms with Crippen LogP contribution < -0.4 is 0 Å². The average Bonchev–Trinajstić information content (AvgIpc) is 2.47. The molecule has 0 fully saturated rings. The van der Waals surface area contributed by atoms with E-state index in [0.717, 1.165) is 11.1 Å². The maximum Gasteiger partial charge on any atom is 0.229 e. The Hall–Kier alpha value is -3.46. The molecular formula is C20H12O2. The van der Waals surface area contributed by atoms with E-state index < -0.39 is 11.6 Å². The highest BCUT2D eigenvalue weighted by atomic mass is 16.1. The molecule has 0 spiro atoms. The van der Waals surface area contributed by atoms with Crippen molar-refractivity contribution >= 4 is 11.6 Å². The van der Waals surface area contributed by atoms with Gasteiger partial charge in [0.25, 0.3) is 0 Å². The SMILES string of the molecule is CC1=C/C=C/C(=O)C#CC#CC(=O)/C=C/C=C(/C)C#CC#C1. The maximum atomic E-state index is 11.4. The highest BCUT2D eigenvalue weighted by molar-refractivity contribution is 6.06. The first-order valence-corrected chi connectivity index (χ1v) is 6.40. The summed E-state index contributed by atoms with van der Waals surface area (Å²) in [6.45, 7) is 3.63. The van der Waals surface area contributed by atoms with Gasteiger partial charge in [-0.3, -0.25) is 9.59 Å². The number of carbonyl (C=O) groups excluding carboxylic acids is 2. The minimum Gasteiger partial charge on any atom is -0.280 e. The number of ketones is 2. The molecule has 1 rings (SSSR count). The molecule has 0 saturated heterocycles. The van der Waals surface area contributed by atoms with Crippen LogP contribution in [0.2, 0.25) is 0 Å². The Balaban J connectivity index is 3.13. The smallest absolute Gasteiger partial charge is 0.229 e. The van der Waals surface area contributed by atoms with Gasteiger partial charge in [-0.05, 0) is 72.7 Å². The Kier molecular flexibility index (Phi) is 7.12. The van der Waals surface area contributed by atoms with Gasteiger partial charge in [0.15, 0.2) is 0 Å². The molecule has 104 valence electrons. The van der Waals surface area contributed by atoms with Crippen LogP contribution in [0.1, 0.15) is 13.8 Å². The Morgan fingerprint density at radius 3 is 1.41 bits per heavy atom. The third-order valence-electron chi connectivity index (χ3n) is 2.20. The predicted molar refractivity (Wildman–Crippen MR) is 86.9 cm³/mol. The molecule has 0 bridgehead atoms. The van der Waals surface area contributed by atoms with E-state index in [1.165, 1.54) is 12.2 Å². The van der Waals surface area contributed by atoms with Gasteiger partial charge in [0.05, 0.1) is 0 Å². The van der Waals surface area contributed by atoms with Crippen molar-refractivity contribution in [1.29, 1.82) is 0 Å². The fourth-order valence-corrected chi connectivity index (χ4v) is 1.17. The van der Waals surface area contributed by atoms with Gasteiger partial charge in [-0.25, -0.2) is 0 Å². The van der Waals surface area contributed by atoms with E-state index in [-0.39, 0.29) is 0 Å². The van der Waals surface area contributed by atoms with Gasteiger partial charge in [0.1, 0.15) is 0 Å². The van der Waals surface area contributed by atoms with Gasteiger partial charge < -0.3 is 0 Å². The lowest BCUT2D eigenvalue weighted by Crippen LogP contribution is -1.86. The van der Waals surface area contributed by atoms with Gasteiger partial charge >= 0.3 is 0 Å². The quantitative estimate of drug-likeness (QED) is 0.504. The molecule has 2 nitrogen and oxygen atoms in total. The van der Waals surface area contributed by atoms with Crippen molar-refractivity contribution in [2.75, 3.05) is 0 Å². The second-order valence-electron chi connectivity index (χ2n) is 4.15. The molecule has 22 heavy (non-hydrogen) atoms. The molecule has 0 amide bonds. The van der Waals surface area contributed by atoms with Crippen LogP contribution >= 0.6 is 0 Å². The minimum atomic E-state index is -0.395. The zero-order valence-corrected chi connectivity index (χ0v) is 12.3. The molecule has 0 aliphatic heterocycles. The first-order chi connectivity index (χ1) is 10.6. The number of hydrogen-bond acceptors (Lipinski definition) is 2. The van der Waals surface area contributed by atoms with Crippen molar-refractivity contribution in [3.8, 4) is 47.4 Å². The molecule has 1 aliphatic carbocycles. The van der Waals surface area contributed by atoms with Crippen LogP contribution in [-0.4, -0.2) is 11.6 Å². The summed E-state index contributed by atoms with van der Waals surface area (Å²) in [6.07, 6.45) is 9.12. The predicted octanol–water partition coefficient (Wildman–Crippen LogP) is 2.16. The van der Waals surface area contributed by atoms with Crippen molar-refractivity contribution in [1.82, 2.24) is 0 Å². The van der Waals surface area contributed by atoms with Gasteiger partial charge in [0, 0.05) is 0 Å². The summed E-state index contributed by atoms with van der Waals surface area (Å²) in [4.78, 5) is 22.8. The van der Waals surface area contributed by atoms with Crippen LogP contribution in [0.25, 0.3) is 0 Å². The van der Waals surface area contributed by atoms with Gasteiger partial charge in [-0.2, -0.15) is 0 Å². The normalized spacial score (nSPS) is 19.5. The van der Waals surface area contributed by atoms with Crippen LogP contribution in [0.4, 0.5) is 0 Å².